The number of piperidine rings is 1. The first-order valence-corrected chi connectivity index (χ1v) is 22.8. The highest BCUT2D eigenvalue weighted by atomic mass is 32.2. The van der Waals surface area contributed by atoms with Gasteiger partial charge in [0, 0.05) is 43.9 Å². The fourth-order valence-corrected chi connectivity index (χ4v) is 9.12. The molecule has 10 heteroatoms. The van der Waals surface area contributed by atoms with Crippen LogP contribution in [-0.4, -0.2) is 73.9 Å². The summed E-state index contributed by atoms with van der Waals surface area (Å²) in [6.45, 7) is 3.08. The van der Waals surface area contributed by atoms with Gasteiger partial charge in [-0.05, 0) is 103 Å². The maximum absolute atomic E-state index is 13.4. The molecule has 0 aromatic heterocycles. The normalized spacial score (nSPS) is 18.0. The number of aliphatic hydroxyl groups excluding tert-OH is 1. The average molecular weight is 816 g/mol. The van der Waals surface area contributed by atoms with Crippen molar-refractivity contribution in [2.24, 2.45) is 5.92 Å². The molecule has 9 nitrogen and oxygen atoms in total. The summed E-state index contributed by atoms with van der Waals surface area (Å²) in [7, 11) is -3.59. The molecular formula is C49H57N3O6S. The van der Waals surface area contributed by atoms with Crippen LogP contribution < -0.4 is 14.2 Å². The Morgan fingerprint density at radius 3 is 2.00 bits per heavy atom. The lowest BCUT2D eigenvalue weighted by Gasteiger charge is -2.38. The van der Waals surface area contributed by atoms with Gasteiger partial charge in [-0.3, -0.25) is 14.4 Å². The second kappa shape index (κ2) is 20.2. The van der Waals surface area contributed by atoms with Crippen molar-refractivity contribution in [3.05, 3.63) is 161 Å². The summed E-state index contributed by atoms with van der Waals surface area (Å²) >= 11 is 0. The van der Waals surface area contributed by atoms with E-state index in [2.05, 4.69) is 64.2 Å². The second-order valence-corrected chi connectivity index (χ2v) is 18.0. The zero-order valence-electron chi connectivity index (χ0n) is 34.0. The molecule has 1 aliphatic heterocycles. The average Bonchev–Trinajstić information content (AvgIpc) is 3.26. The van der Waals surface area contributed by atoms with Gasteiger partial charge in [0.15, 0.2) is 0 Å². The predicted molar refractivity (Wildman–Crippen MR) is 234 cm³/mol. The summed E-state index contributed by atoms with van der Waals surface area (Å²) in [5, 5.41) is 11.3. The van der Waals surface area contributed by atoms with Crippen molar-refractivity contribution in [2.75, 3.05) is 37.2 Å². The number of benzene rings is 5. The number of hydrogen-bond donors (Lipinski definition) is 2. The fraction of sp³-hybridized carbons (Fsp3) is 0.367. The molecule has 7 rings (SSSR count). The molecule has 5 aromatic rings. The van der Waals surface area contributed by atoms with Crippen LogP contribution in [0.3, 0.4) is 0 Å². The molecule has 1 saturated carbocycles. The molecule has 0 unspecified atom stereocenters. The first-order valence-electron chi connectivity index (χ1n) is 21.0. The summed E-state index contributed by atoms with van der Waals surface area (Å²) in [5.41, 5.74) is 5.84. The number of amides is 1. The van der Waals surface area contributed by atoms with Crippen LogP contribution in [0, 0.1) is 5.92 Å². The number of nitrogens with zero attached hydrogens (tertiary/aromatic N) is 2. The maximum atomic E-state index is 13.4. The number of carbonyl (C=O) groups excluding carboxylic acids is 1. The summed E-state index contributed by atoms with van der Waals surface area (Å²) in [4.78, 5) is 17.8. The van der Waals surface area contributed by atoms with Gasteiger partial charge in [-0.25, -0.2) is 8.42 Å². The van der Waals surface area contributed by atoms with Gasteiger partial charge in [-0.2, -0.15) is 0 Å². The minimum absolute atomic E-state index is 0.0416. The minimum Gasteiger partial charge on any atom is -0.491 e. The van der Waals surface area contributed by atoms with E-state index in [0.717, 1.165) is 75.4 Å². The number of anilines is 1. The van der Waals surface area contributed by atoms with E-state index in [-0.39, 0.29) is 24.8 Å². The van der Waals surface area contributed by atoms with E-state index in [0.29, 0.717) is 42.5 Å². The Balaban J connectivity index is 0.922. The first-order chi connectivity index (χ1) is 28.6. The first kappa shape index (κ1) is 42.0. The van der Waals surface area contributed by atoms with Gasteiger partial charge < -0.3 is 19.5 Å². The van der Waals surface area contributed by atoms with E-state index in [4.69, 9.17) is 9.47 Å². The van der Waals surface area contributed by atoms with Gasteiger partial charge in [0.25, 0.3) is 5.91 Å². The quantitative estimate of drug-likeness (QED) is 0.0968. The van der Waals surface area contributed by atoms with Crippen LogP contribution in [0.5, 0.6) is 11.5 Å². The molecule has 0 bridgehead atoms. The van der Waals surface area contributed by atoms with Crippen molar-refractivity contribution in [3.63, 3.8) is 0 Å². The molecule has 2 fully saturated rings. The number of sulfonamides is 1. The standard InChI is InChI=1S/C49H57N3O6S/c1-59(55,56)50-47-32-46(25-26-48(47)58-35-40-15-9-4-10-16-40)57-36-45(53)34-52(33-39-13-7-3-8-14-39)44-23-21-42(22-24-44)41-17-19-43(20-18-41)49(54)51-29-27-38(28-30-51)31-37-11-5-2-6-12-37/h2-20,25-26,32,38,42,44-45,50,53H,21-24,27-31,33-36H2,1H3/t42?,44?,45-/m0/s1. The van der Waals surface area contributed by atoms with E-state index in [1.807, 2.05) is 65.6 Å². The summed E-state index contributed by atoms with van der Waals surface area (Å²) < 4.78 is 39.0. The molecule has 59 heavy (non-hydrogen) atoms. The number of hydrogen-bond acceptors (Lipinski definition) is 7. The van der Waals surface area contributed by atoms with Crippen molar-refractivity contribution < 1.29 is 27.8 Å². The van der Waals surface area contributed by atoms with Crippen LogP contribution in [0.2, 0.25) is 0 Å². The minimum atomic E-state index is -3.59. The smallest absolute Gasteiger partial charge is 0.253 e. The molecule has 1 aliphatic carbocycles. The van der Waals surface area contributed by atoms with Crippen LogP contribution in [0.4, 0.5) is 5.69 Å². The van der Waals surface area contributed by atoms with Crippen LogP contribution in [0.25, 0.3) is 0 Å². The summed E-state index contributed by atoms with van der Waals surface area (Å²) in [6, 6.07) is 44.3. The lowest BCUT2D eigenvalue weighted by molar-refractivity contribution is 0.0384. The number of aliphatic hydroxyl groups is 1. The Labute approximate surface area is 350 Å². The number of nitrogens with one attached hydrogen (secondary N) is 1. The lowest BCUT2D eigenvalue weighted by Crippen LogP contribution is -2.43. The molecule has 310 valence electrons. The molecule has 0 spiro atoms. The number of carbonyl (C=O) groups is 1. The molecule has 0 radical (unpaired) electrons. The Bertz CT molecular complexity index is 2170. The Morgan fingerprint density at radius 2 is 1.37 bits per heavy atom. The highest BCUT2D eigenvalue weighted by molar-refractivity contribution is 7.92. The number of likely N-dealkylation sites (tertiary alicyclic amines) is 1. The molecule has 1 saturated heterocycles. The lowest BCUT2D eigenvalue weighted by atomic mass is 9.81. The second-order valence-electron chi connectivity index (χ2n) is 16.2. The third-order valence-corrected chi connectivity index (χ3v) is 12.3. The van der Waals surface area contributed by atoms with Crippen LogP contribution in [0.15, 0.2) is 133 Å². The van der Waals surface area contributed by atoms with Crippen molar-refractivity contribution in [3.8, 4) is 11.5 Å². The third-order valence-electron chi connectivity index (χ3n) is 11.7. The van der Waals surface area contributed by atoms with E-state index in [1.54, 1.807) is 18.2 Å². The van der Waals surface area contributed by atoms with Crippen molar-refractivity contribution in [2.45, 2.75) is 76.2 Å². The van der Waals surface area contributed by atoms with Crippen LogP contribution in [0.1, 0.15) is 77.1 Å². The van der Waals surface area contributed by atoms with Crippen molar-refractivity contribution >= 4 is 21.6 Å². The van der Waals surface area contributed by atoms with E-state index in [9.17, 15) is 18.3 Å². The summed E-state index contributed by atoms with van der Waals surface area (Å²) in [5.74, 6) is 1.98. The van der Waals surface area contributed by atoms with Gasteiger partial charge in [0.05, 0.1) is 11.9 Å². The highest BCUT2D eigenvalue weighted by Crippen LogP contribution is 2.36. The van der Waals surface area contributed by atoms with Gasteiger partial charge in [-0.15, -0.1) is 0 Å². The zero-order valence-corrected chi connectivity index (χ0v) is 34.8. The van der Waals surface area contributed by atoms with Gasteiger partial charge >= 0.3 is 0 Å². The monoisotopic (exact) mass is 815 g/mol. The SMILES string of the molecule is CS(=O)(=O)Nc1cc(OC[C@@H](O)CN(Cc2ccccc2)C2CCC(c3ccc(C(=O)N4CCC(Cc5ccccc5)CC4)cc3)CC2)ccc1OCc1ccccc1. The summed E-state index contributed by atoms with van der Waals surface area (Å²) in [6.07, 6.45) is 7.52. The molecular weight excluding hydrogens is 759 g/mol. The Morgan fingerprint density at radius 1 is 0.763 bits per heavy atom. The van der Waals surface area contributed by atoms with Crippen LogP contribution in [-0.2, 0) is 29.6 Å². The van der Waals surface area contributed by atoms with E-state index >= 15 is 0 Å². The third kappa shape index (κ3) is 12.4. The topological polar surface area (TPSA) is 108 Å². The number of ether oxygens (including phenoxy) is 2. The molecule has 1 amide bonds. The van der Waals surface area contributed by atoms with Gasteiger partial charge in [0.2, 0.25) is 10.0 Å². The highest BCUT2D eigenvalue weighted by Gasteiger charge is 2.29. The van der Waals surface area contributed by atoms with Crippen molar-refractivity contribution in [1.29, 1.82) is 0 Å². The molecule has 2 N–H and O–H groups in total. The molecule has 1 heterocycles. The number of rotatable bonds is 17. The van der Waals surface area contributed by atoms with E-state index in [1.165, 1.54) is 16.7 Å². The Kier molecular flexibility index (Phi) is 14.4. The van der Waals surface area contributed by atoms with E-state index < -0.39 is 16.1 Å². The van der Waals surface area contributed by atoms with Crippen molar-refractivity contribution in [1.82, 2.24) is 9.80 Å². The molecule has 2 aliphatic rings. The Hall–Kier alpha value is -5.16. The maximum Gasteiger partial charge on any atom is 0.253 e. The zero-order chi connectivity index (χ0) is 41.0. The van der Waals surface area contributed by atoms with Gasteiger partial charge in [0.1, 0.15) is 30.8 Å². The predicted octanol–water partition coefficient (Wildman–Crippen LogP) is 8.70. The van der Waals surface area contributed by atoms with Gasteiger partial charge in [-0.1, -0.05) is 103 Å². The molecule has 5 aromatic carbocycles. The largest absolute Gasteiger partial charge is 0.491 e. The van der Waals surface area contributed by atoms with Crippen LogP contribution >= 0.6 is 0 Å². The fourth-order valence-electron chi connectivity index (χ4n) is 8.56. The molecule has 1 atom stereocenters.